The number of aromatic nitrogens is 3. The number of hydrazone groups is 1. The molecule has 10 nitrogen and oxygen atoms in total. The van der Waals surface area contributed by atoms with E-state index in [0.29, 0.717) is 16.9 Å². The Labute approximate surface area is 190 Å². The van der Waals surface area contributed by atoms with Gasteiger partial charge in [0, 0.05) is 48.4 Å². The molecule has 0 amide bonds. The predicted molar refractivity (Wildman–Crippen MR) is 124 cm³/mol. The molecule has 0 aliphatic rings. The number of benzene rings is 1. The van der Waals surface area contributed by atoms with E-state index in [0.717, 1.165) is 27.3 Å². The van der Waals surface area contributed by atoms with Crippen molar-refractivity contribution in [1.82, 2.24) is 18.8 Å². The summed E-state index contributed by atoms with van der Waals surface area (Å²) in [6.45, 7) is 3.48. The molecule has 0 N–H and O–H groups in total. The number of hydrogen-bond donors (Lipinski definition) is 0. The van der Waals surface area contributed by atoms with Gasteiger partial charge in [0.2, 0.25) is 0 Å². The summed E-state index contributed by atoms with van der Waals surface area (Å²) in [4.78, 5) is 18.9. The third-order valence-electron chi connectivity index (χ3n) is 5.14. The van der Waals surface area contributed by atoms with Crippen LogP contribution in [0.5, 0.6) is 0 Å². The molecule has 3 aromatic heterocycles. The van der Waals surface area contributed by atoms with Crippen LogP contribution in [0.3, 0.4) is 0 Å². The number of non-ortho nitro benzene ring substituents is 1. The molecule has 0 aliphatic heterocycles. The molecule has 0 aliphatic carbocycles. The van der Waals surface area contributed by atoms with Crippen molar-refractivity contribution in [3.8, 4) is 11.1 Å². The number of aryl methyl sites for hydroxylation is 2. The zero-order valence-corrected chi connectivity index (χ0v) is 18.9. The van der Waals surface area contributed by atoms with Gasteiger partial charge in [0.05, 0.1) is 27.9 Å². The Morgan fingerprint density at radius 1 is 1.06 bits per heavy atom. The van der Waals surface area contributed by atoms with Gasteiger partial charge in [-0.3, -0.25) is 19.5 Å². The van der Waals surface area contributed by atoms with Crippen molar-refractivity contribution in [2.24, 2.45) is 5.10 Å². The summed E-state index contributed by atoms with van der Waals surface area (Å²) in [5, 5.41) is 15.1. The fourth-order valence-electron chi connectivity index (χ4n) is 3.23. The number of pyridine rings is 2. The molecule has 4 aromatic rings. The molecule has 0 unspecified atom stereocenters. The first kappa shape index (κ1) is 22.1. The molecule has 0 atom stereocenters. The van der Waals surface area contributed by atoms with Crippen LogP contribution in [-0.2, 0) is 10.0 Å². The van der Waals surface area contributed by atoms with Gasteiger partial charge >= 0.3 is 0 Å². The highest BCUT2D eigenvalue weighted by atomic mass is 32.2. The maximum Gasteiger partial charge on any atom is 0.279 e. The summed E-state index contributed by atoms with van der Waals surface area (Å²) in [5.41, 5.74) is 4.06. The number of nitro groups is 1. The number of fused-ring (bicyclic) bond motifs is 1. The second kappa shape index (κ2) is 8.43. The molecule has 4 rings (SSSR count). The minimum atomic E-state index is -4.09. The van der Waals surface area contributed by atoms with Crippen LogP contribution in [0.4, 0.5) is 5.69 Å². The highest BCUT2D eigenvalue weighted by Crippen LogP contribution is 2.24. The Hall–Kier alpha value is -4.12. The van der Waals surface area contributed by atoms with Crippen LogP contribution in [0.15, 0.2) is 71.1 Å². The van der Waals surface area contributed by atoms with Crippen molar-refractivity contribution in [1.29, 1.82) is 0 Å². The Morgan fingerprint density at radius 2 is 1.82 bits per heavy atom. The lowest BCUT2D eigenvalue weighted by molar-refractivity contribution is -0.385. The van der Waals surface area contributed by atoms with Gasteiger partial charge in [-0.15, -0.1) is 0 Å². The largest absolute Gasteiger partial charge is 0.298 e. The molecule has 0 fully saturated rings. The third kappa shape index (κ3) is 4.30. The van der Waals surface area contributed by atoms with Crippen molar-refractivity contribution in [3.63, 3.8) is 0 Å². The van der Waals surface area contributed by atoms with E-state index in [1.807, 2.05) is 37.4 Å². The van der Waals surface area contributed by atoms with Crippen LogP contribution < -0.4 is 0 Å². The smallest absolute Gasteiger partial charge is 0.279 e. The molecule has 0 saturated heterocycles. The summed E-state index contributed by atoms with van der Waals surface area (Å²) in [6, 6.07) is 11.4. The second-order valence-electron chi connectivity index (χ2n) is 7.41. The van der Waals surface area contributed by atoms with Crippen molar-refractivity contribution in [2.75, 3.05) is 7.05 Å². The number of imidazole rings is 1. The van der Waals surface area contributed by atoms with Gasteiger partial charge in [0.15, 0.2) is 0 Å². The highest BCUT2D eigenvalue weighted by molar-refractivity contribution is 7.89. The molecule has 168 valence electrons. The molecule has 0 bridgehead atoms. The molecule has 33 heavy (non-hydrogen) atoms. The van der Waals surface area contributed by atoms with Crippen LogP contribution in [0.1, 0.15) is 17.0 Å². The minimum Gasteiger partial charge on any atom is -0.298 e. The number of rotatable bonds is 6. The molecular weight excluding hydrogens is 444 g/mol. The third-order valence-corrected chi connectivity index (χ3v) is 6.93. The Morgan fingerprint density at radius 3 is 2.52 bits per heavy atom. The Bertz CT molecular complexity index is 1490. The lowest BCUT2D eigenvalue weighted by Gasteiger charge is -2.15. The van der Waals surface area contributed by atoms with Gasteiger partial charge in [0.25, 0.3) is 15.7 Å². The van der Waals surface area contributed by atoms with Gasteiger partial charge in [-0.1, -0.05) is 12.1 Å². The van der Waals surface area contributed by atoms with Crippen LogP contribution >= 0.6 is 0 Å². The Balaban J connectivity index is 1.66. The lowest BCUT2D eigenvalue weighted by atomic mass is 10.1. The zero-order valence-electron chi connectivity index (χ0n) is 18.1. The van der Waals surface area contributed by atoms with E-state index in [-0.39, 0.29) is 10.6 Å². The first-order valence-corrected chi connectivity index (χ1v) is 11.3. The molecule has 0 radical (unpaired) electrons. The normalized spacial score (nSPS) is 11.8. The number of hydrogen-bond acceptors (Lipinski definition) is 7. The van der Waals surface area contributed by atoms with E-state index in [9.17, 15) is 18.5 Å². The van der Waals surface area contributed by atoms with Gasteiger partial charge in [0.1, 0.15) is 5.65 Å². The van der Waals surface area contributed by atoms with E-state index in [1.165, 1.54) is 25.4 Å². The van der Waals surface area contributed by atoms with Gasteiger partial charge in [-0.05, 0) is 37.6 Å². The van der Waals surface area contributed by atoms with Crippen molar-refractivity contribution in [2.45, 2.75) is 18.7 Å². The zero-order chi connectivity index (χ0) is 23.8. The number of nitrogens with zero attached hydrogens (tertiary/aromatic N) is 6. The second-order valence-corrected chi connectivity index (χ2v) is 9.33. The topological polar surface area (TPSA) is 123 Å². The molecule has 1 aromatic carbocycles. The Kier molecular flexibility index (Phi) is 5.64. The van der Waals surface area contributed by atoms with E-state index in [4.69, 9.17) is 0 Å². The predicted octanol–water partition coefficient (Wildman–Crippen LogP) is 3.58. The summed E-state index contributed by atoms with van der Waals surface area (Å²) in [6.07, 6.45) is 6.61. The van der Waals surface area contributed by atoms with Crippen LogP contribution in [0, 0.1) is 24.0 Å². The number of sulfonamides is 1. The van der Waals surface area contributed by atoms with Gasteiger partial charge in [-0.25, -0.2) is 4.98 Å². The summed E-state index contributed by atoms with van der Waals surface area (Å²) in [5.74, 6) is 0. The number of nitro benzene ring substituents is 1. The van der Waals surface area contributed by atoms with E-state index in [2.05, 4.69) is 15.1 Å². The average Bonchev–Trinajstić information content (AvgIpc) is 3.20. The monoisotopic (exact) mass is 464 g/mol. The molecule has 0 spiro atoms. The van der Waals surface area contributed by atoms with E-state index >= 15 is 0 Å². The summed E-state index contributed by atoms with van der Waals surface area (Å²) >= 11 is 0. The summed E-state index contributed by atoms with van der Waals surface area (Å²) < 4.78 is 28.5. The maximum atomic E-state index is 13.0. The van der Waals surface area contributed by atoms with Crippen molar-refractivity contribution >= 4 is 27.6 Å². The first-order chi connectivity index (χ1) is 15.7. The molecule has 0 saturated carbocycles. The molecule has 11 heteroatoms. The fraction of sp³-hybridized carbons (Fsp3) is 0.136. The average molecular weight is 465 g/mol. The van der Waals surface area contributed by atoms with Crippen molar-refractivity contribution in [3.05, 3.63) is 88.1 Å². The fourth-order valence-corrected chi connectivity index (χ4v) is 4.43. The lowest BCUT2D eigenvalue weighted by Crippen LogP contribution is -2.23. The molecule has 3 heterocycles. The first-order valence-electron chi connectivity index (χ1n) is 9.85. The summed E-state index contributed by atoms with van der Waals surface area (Å²) in [7, 11) is -2.82. The highest BCUT2D eigenvalue weighted by Gasteiger charge is 2.24. The van der Waals surface area contributed by atoms with Crippen LogP contribution in [0.2, 0.25) is 0 Å². The standard InChI is InChI=1S/C22H20N6O4S/c1-15-4-8-19(28(29)30)10-21(15)33(31,32)26(3)25-13-20-12-24-22-9-7-18(14-27(20)22)17-6-5-16(2)23-11-17/h4-14H,1-3H3/b25-13+. The van der Waals surface area contributed by atoms with Gasteiger partial charge < -0.3 is 0 Å². The maximum absolute atomic E-state index is 13.0. The van der Waals surface area contributed by atoms with Gasteiger partial charge in [-0.2, -0.15) is 17.9 Å². The quantitative estimate of drug-likeness (QED) is 0.244. The minimum absolute atomic E-state index is 0.177. The van der Waals surface area contributed by atoms with E-state index in [1.54, 1.807) is 23.7 Å². The van der Waals surface area contributed by atoms with Crippen LogP contribution in [-0.4, -0.2) is 45.4 Å². The SMILES string of the molecule is Cc1ccc(-c2ccc3ncc(/C=N/N(C)S(=O)(=O)c4cc([N+](=O)[O-])ccc4C)n3c2)cn1. The molecular formula is C22H20N6O4S. The van der Waals surface area contributed by atoms with Crippen LogP contribution in [0.25, 0.3) is 16.8 Å². The van der Waals surface area contributed by atoms with E-state index < -0.39 is 14.9 Å². The van der Waals surface area contributed by atoms with Crippen molar-refractivity contribution < 1.29 is 13.3 Å².